The van der Waals surface area contributed by atoms with Crippen molar-refractivity contribution >= 4 is 31.8 Å². The van der Waals surface area contributed by atoms with E-state index >= 15 is 0 Å². The third-order valence-corrected chi connectivity index (χ3v) is 4.10. The van der Waals surface area contributed by atoms with E-state index in [2.05, 4.69) is 31.0 Å². The lowest BCUT2D eigenvalue weighted by molar-refractivity contribution is 0.491. The Bertz CT molecular complexity index is 524. The zero-order valence-corrected chi connectivity index (χ0v) is 13.3. The van der Waals surface area contributed by atoms with Crippen molar-refractivity contribution < 1.29 is 8.42 Å². The van der Waals surface area contributed by atoms with Gasteiger partial charge in [-0.2, -0.15) is 0 Å². The molecule has 102 valence electrons. The van der Waals surface area contributed by atoms with Crippen LogP contribution in [0.15, 0.2) is 21.6 Å². The van der Waals surface area contributed by atoms with Crippen molar-refractivity contribution in [1.29, 1.82) is 0 Å². The molecule has 0 saturated carbocycles. The second-order valence-corrected chi connectivity index (χ2v) is 7.45. The van der Waals surface area contributed by atoms with Gasteiger partial charge in [-0.25, -0.2) is 18.1 Å². The lowest BCUT2D eigenvalue weighted by Crippen LogP contribution is -2.40. The summed E-state index contributed by atoms with van der Waals surface area (Å²) in [6, 6.07) is 1.54. The average Bonchev–Trinajstić information content (AvgIpc) is 2.17. The Kier molecular flexibility index (Phi) is 4.74. The minimum Gasteiger partial charge on any atom is -0.369 e. The molecule has 0 fully saturated rings. The summed E-state index contributed by atoms with van der Waals surface area (Å²) in [6.45, 7) is 7.87. The van der Waals surface area contributed by atoms with Gasteiger partial charge in [0.1, 0.15) is 10.7 Å². The number of hydrogen-bond acceptors (Lipinski definition) is 4. The van der Waals surface area contributed by atoms with Crippen molar-refractivity contribution in [1.82, 2.24) is 9.71 Å². The van der Waals surface area contributed by atoms with E-state index in [-0.39, 0.29) is 4.90 Å². The number of aromatic nitrogens is 1. The first-order valence-electron chi connectivity index (χ1n) is 5.59. The van der Waals surface area contributed by atoms with Crippen LogP contribution in [0.25, 0.3) is 0 Å². The summed E-state index contributed by atoms with van der Waals surface area (Å²) in [5.41, 5.74) is -0.537. The van der Waals surface area contributed by atoms with Gasteiger partial charge in [-0.3, -0.25) is 0 Å². The Morgan fingerprint density at radius 3 is 2.50 bits per heavy atom. The molecule has 2 N–H and O–H groups in total. The fourth-order valence-corrected chi connectivity index (χ4v) is 3.44. The number of halogens is 1. The fraction of sp³-hybridized carbons (Fsp3) is 0.545. The number of nitrogens with one attached hydrogen (secondary N) is 2. The Morgan fingerprint density at radius 2 is 2.00 bits per heavy atom. The van der Waals surface area contributed by atoms with Crippen LogP contribution in [0.1, 0.15) is 27.7 Å². The molecular formula is C11H18BrN3O2S. The molecule has 1 aromatic heterocycles. The van der Waals surface area contributed by atoms with Crippen molar-refractivity contribution in [3.05, 3.63) is 16.7 Å². The van der Waals surface area contributed by atoms with Gasteiger partial charge >= 0.3 is 0 Å². The summed E-state index contributed by atoms with van der Waals surface area (Å²) in [7, 11) is -3.60. The lowest BCUT2D eigenvalue weighted by atomic mass is 10.1. The molecule has 1 aromatic rings. The van der Waals surface area contributed by atoms with E-state index < -0.39 is 15.6 Å². The predicted octanol–water partition coefficient (Wildman–Crippen LogP) is 2.35. The SMILES string of the molecule is CCNc1ncc(Br)cc1S(=O)(=O)NC(C)(C)C. The minimum absolute atomic E-state index is 0.147. The first kappa shape index (κ1) is 15.4. The van der Waals surface area contributed by atoms with Gasteiger partial charge in [0.05, 0.1) is 0 Å². The van der Waals surface area contributed by atoms with E-state index in [0.29, 0.717) is 16.8 Å². The Hall–Kier alpha value is -0.660. The second-order valence-electron chi connectivity index (χ2n) is 4.89. The Labute approximate surface area is 117 Å². The van der Waals surface area contributed by atoms with E-state index in [1.165, 1.54) is 0 Å². The second kappa shape index (κ2) is 5.54. The quantitative estimate of drug-likeness (QED) is 0.885. The van der Waals surface area contributed by atoms with Crippen LogP contribution in [-0.2, 0) is 10.0 Å². The molecular weight excluding hydrogens is 318 g/mol. The lowest BCUT2D eigenvalue weighted by Gasteiger charge is -2.21. The van der Waals surface area contributed by atoms with E-state index in [0.717, 1.165) is 0 Å². The molecule has 0 unspecified atom stereocenters. The molecule has 0 amide bonds. The molecule has 0 saturated heterocycles. The highest BCUT2D eigenvalue weighted by Crippen LogP contribution is 2.23. The molecule has 0 aromatic carbocycles. The van der Waals surface area contributed by atoms with Crippen molar-refractivity contribution in [3.63, 3.8) is 0 Å². The average molecular weight is 336 g/mol. The molecule has 0 aliphatic rings. The van der Waals surface area contributed by atoms with Crippen LogP contribution < -0.4 is 10.0 Å². The van der Waals surface area contributed by atoms with Crippen LogP contribution in [0.5, 0.6) is 0 Å². The van der Waals surface area contributed by atoms with Crippen molar-refractivity contribution in [2.75, 3.05) is 11.9 Å². The van der Waals surface area contributed by atoms with Gasteiger partial charge in [0, 0.05) is 22.8 Å². The highest BCUT2D eigenvalue weighted by atomic mass is 79.9. The normalized spacial score (nSPS) is 12.5. The molecule has 7 heteroatoms. The number of rotatable bonds is 4. The molecule has 0 atom stereocenters. The van der Waals surface area contributed by atoms with Crippen molar-refractivity contribution in [2.24, 2.45) is 0 Å². The highest BCUT2D eigenvalue weighted by molar-refractivity contribution is 9.10. The van der Waals surface area contributed by atoms with Gasteiger partial charge in [-0.05, 0) is 49.7 Å². The summed E-state index contributed by atoms with van der Waals surface area (Å²) in [6.07, 6.45) is 1.56. The first-order chi connectivity index (χ1) is 8.15. The van der Waals surface area contributed by atoms with Crippen LogP contribution in [0.4, 0.5) is 5.82 Å². The number of nitrogens with zero attached hydrogens (tertiary/aromatic N) is 1. The molecule has 18 heavy (non-hydrogen) atoms. The minimum atomic E-state index is -3.60. The maximum Gasteiger partial charge on any atom is 0.244 e. The largest absolute Gasteiger partial charge is 0.369 e. The summed E-state index contributed by atoms with van der Waals surface area (Å²) >= 11 is 3.24. The number of sulfonamides is 1. The Morgan fingerprint density at radius 1 is 1.39 bits per heavy atom. The summed E-state index contributed by atoms with van der Waals surface area (Å²) in [5, 5.41) is 2.94. The van der Waals surface area contributed by atoms with Gasteiger partial charge in [0.25, 0.3) is 0 Å². The summed E-state index contributed by atoms with van der Waals surface area (Å²) in [4.78, 5) is 4.23. The van der Waals surface area contributed by atoms with E-state index in [9.17, 15) is 8.42 Å². The van der Waals surface area contributed by atoms with E-state index in [1.54, 1.807) is 33.0 Å². The van der Waals surface area contributed by atoms with E-state index in [1.807, 2.05) is 6.92 Å². The Balaban J connectivity index is 3.26. The van der Waals surface area contributed by atoms with Crippen molar-refractivity contribution in [2.45, 2.75) is 38.1 Å². The maximum atomic E-state index is 12.3. The molecule has 1 rings (SSSR count). The zero-order valence-electron chi connectivity index (χ0n) is 10.9. The third kappa shape index (κ3) is 4.22. The topological polar surface area (TPSA) is 71.1 Å². The molecule has 0 aliphatic heterocycles. The van der Waals surface area contributed by atoms with Crippen LogP contribution in [-0.4, -0.2) is 25.5 Å². The number of hydrogen-bond donors (Lipinski definition) is 2. The van der Waals surface area contributed by atoms with Crippen LogP contribution in [0.2, 0.25) is 0 Å². The number of pyridine rings is 1. The fourth-order valence-electron chi connectivity index (χ4n) is 1.38. The van der Waals surface area contributed by atoms with Crippen LogP contribution in [0, 0.1) is 0 Å². The standard InChI is InChI=1S/C11H18BrN3O2S/c1-5-13-10-9(6-8(12)7-14-10)18(16,17)15-11(2,3)4/h6-7,15H,5H2,1-4H3,(H,13,14). The highest BCUT2D eigenvalue weighted by Gasteiger charge is 2.25. The third-order valence-electron chi connectivity index (χ3n) is 1.89. The maximum absolute atomic E-state index is 12.3. The molecule has 0 bridgehead atoms. The number of anilines is 1. The van der Waals surface area contributed by atoms with Gasteiger partial charge in [-0.15, -0.1) is 0 Å². The van der Waals surface area contributed by atoms with Gasteiger partial charge in [0.15, 0.2) is 0 Å². The van der Waals surface area contributed by atoms with Gasteiger partial charge in [-0.1, -0.05) is 0 Å². The van der Waals surface area contributed by atoms with Crippen LogP contribution in [0.3, 0.4) is 0 Å². The molecule has 5 nitrogen and oxygen atoms in total. The molecule has 1 heterocycles. The molecule has 0 radical (unpaired) electrons. The first-order valence-corrected chi connectivity index (χ1v) is 7.87. The smallest absolute Gasteiger partial charge is 0.244 e. The van der Waals surface area contributed by atoms with Crippen LogP contribution >= 0.6 is 15.9 Å². The molecule has 0 aliphatic carbocycles. The zero-order chi connectivity index (χ0) is 14.0. The predicted molar refractivity (Wildman–Crippen MR) is 76.2 cm³/mol. The summed E-state index contributed by atoms with van der Waals surface area (Å²) in [5.74, 6) is 0.359. The van der Waals surface area contributed by atoms with E-state index in [4.69, 9.17) is 0 Å². The molecule has 0 spiro atoms. The van der Waals surface area contributed by atoms with Gasteiger partial charge in [0.2, 0.25) is 10.0 Å². The van der Waals surface area contributed by atoms with Gasteiger partial charge < -0.3 is 5.32 Å². The van der Waals surface area contributed by atoms with Crippen molar-refractivity contribution in [3.8, 4) is 0 Å². The summed E-state index contributed by atoms with van der Waals surface area (Å²) < 4.78 is 27.8. The monoisotopic (exact) mass is 335 g/mol.